The van der Waals surface area contributed by atoms with Crippen molar-refractivity contribution in [3.8, 4) is 5.75 Å². The van der Waals surface area contributed by atoms with Crippen LogP contribution in [0.1, 0.15) is 75.1 Å². The van der Waals surface area contributed by atoms with E-state index in [1.807, 2.05) is 0 Å². The lowest BCUT2D eigenvalue weighted by Gasteiger charge is -2.08. The molecular weight excluding hydrogens is 330 g/mol. The van der Waals surface area contributed by atoms with E-state index in [0.29, 0.717) is 12.2 Å². The van der Waals surface area contributed by atoms with Gasteiger partial charge in [-0.15, -0.1) is 0 Å². The number of carbonyl (C=O) groups excluding carboxylic acids is 1. The van der Waals surface area contributed by atoms with Crippen LogP contribution in [0.25, 0.3) is 0 Å². The number of unbranched alkanes of at least 4 members (excludes halogenated alkanes) is 7. The number of Topliss-reactive ketones (excluding diaryl/α,β-unsaturated/α-hetero) is 1. The van der Waals surface area contributed by atoms with Crippen molar-refractivity contribution in [3.63, 3.8) is 0 Å². The van der Waals surface area contributed by atoms with Crippen LogP contribution >= 0.6 is 0 Å². The minimum atomic E-state index is -0.989. The van der Waals surface area contributed by atoms with Gasteiger partial charge in [-0.2, -0.15) is 0 Å². The largest absolute Gasteiger partial charge is 0.506 e. The summed E-state index contributed by atoms with van der Waals surface area (Å²) in [5.41, 5.74) is 6.18. The third-order valence-electron chi connectivity index (χ3n) is 4.24. The highest BCUT2D eigenvalue weighted by Crippen LogP contribution is 2.21. The molecular formula is C21H33NO4. The predicted octanol–water partition coefficient (Wildman–Crippen LogP) is 4.58. The number of phenols is 1. The molecule has 5 heteroatoms. The van der Waals surface area contributed by atoms with Gasteiger partial charge in [0.1, 0.15) is 5.75 Å². The Labute approximate surface area is 156 Å². The van der Waals surface area contributed by atoms with Crippen LogP contribution in [0.5, 0.6) is 5.75 Å². The van der Waals surface area contributed by atoms with Crippen LogP contribution in [0.3, 0.4) is 0 Å². The van der Waals surface area contributed by atoms with Crippen LogP contribution < -0.4 is 5.73 Å². The number of ketones is 1. The average molecular weight is 363 g/mol. The molecule has 1 rings (SSSR count). The molecule has 0 aromatic heterocycles. The molecule has 4 N–H and O–H groups in total. The Bertz CT molecular complexity index is 557. The standard InChI is InChI=1S/C21H33NO4/c1-2-3-4-5-6-7-8-9-15-26-21(25)12-10-11-19(23)17-13-14-20(24)18(22)16-17/h10,12-14,16,21,24-25H,2-9,11,15,22H2,1H3. The molecule has 26 heavy (non-hydrogen) atoms. The summed E-state index contributed by atoms with van der Waals surface area (Å²) in [5, 5.41) is 19.1. The molecule has 0 radical (unpaired) electrons. The Kier molecular flexibility index (Phi) is 11.4. The van der Waals surface area contributed by atoms with Crippen molar-refractivity contribution in [1.29, 1.82) is 0 Å². The van der Waals surface area contributed by atoms with Gasteiger partial charge >= 0.3 is 0 Å². The number of benzene rings is 1. The van der Waals surface area contributed by atoms with Crippen molar-refractivity contribution in [2.45, 2.75) is 71.0 Å². The minimum Gasteiger partial charge on any atom is -0.506 e. The molecule has 0 saturated carbocycles. The summed E-state index contributed by atoms with van der Waals surface area (Å²) < 4.78 is 5.31. The SMILES string of the molecule is CCCCCCCCCCOC(O)C=CCC(=O)c1ccc(O)c(N)c1. The first-order valence-electron chi connectivity index (χ1n) is 9.62. The number of allylic oxidation sites excluding steroid dienone is 1. The number of nitrogens with two attached hydrogens (primary N) is 1. The molecule has 0 aliphatic rings. The summed E-state index contributed by atoms with van der Waals surface area (Å²) in [4.78, 5) is 12.0. The summed E-state index contributed by atoms with van der Waals surface area (Å²) in [5.74, 6) is -0.176. The van der Waals surface area contributed by atoms with Gasteiger partial charge in [0.25, 0.3) is 0 Å². The normalized spacial score (nSPS) is 12.5. The van der Waals surface area contributed by atoms with Crippen molar-refractivity contribution in [3.05, 3.63) is 35.9 Å². The lowest BCUT2D eigenvalue weighted by Crippen LogP contribution is -2.09. The van der Waals surface area contributed by atoms with Crippen LogP contribution in [0.4, 0.5) is 5.69 Å². The second-order valence-corrected chi connectivity index (χ2v) is 6.57. The average Bonchev–Trinajstić information content (AvgIpc) is 2.62. The van der Waals surface area contributed by atoms with Gasteiger partial charge in [0.05, 0.1) is 12.3 Å². The van der Waals surface area contributed by atoms with E-state index >= 15 is 0 Å². The Balaban J connectivity index is 2.12. The minimum absolute atomic E-state index is 0.0399. The van der Waals surface area contributed by atoms with E-state index in [0.717, 1.165) is 12.8 Å². The van der Waals surface area contributed by atoms with E-state index in [1.54, 1.807) is 6.08 Å². The maximum Gasteiger partial charge on any atom is 0.174 e. The second kappa shape index (κ2) is 13.4. The van der Waals surface area contributed by atoms with Gasteiger partial charge in [0, 0.05) is 12.0 Å². The molecule has 0 fully saturated rings. The van der Waals surface area contributed by atoms with Crippen LogP contribution in [-0.4, -0.2) is 28.9 Å². The Hall–Kier alpha value is -1.85. The third-order valence-corrected chi connectivity index (χ3v) is 4.24. The Morgan fingerprint density at radius 2 is 1.81 bits per heavy atom. The molecule has 1 unspecified atom stereocenters. The highest BCUT2D eigenvalue weighted by Gasteiger charge is 2.07. The molecule has 0 aliphatic heterocycles. The van der Waals surface area contributed by atoms with Crippen LogP contribution in [0.15, 0.2) is 30.4 Å². The summed E-state index contributed by atoms with van der Waals surface area (Å²) in [6.07, 6.45) is 12.0. The molecule has 0 bridgehead atoms. The molecule has 146 valence electrons. The number of anilines is 1. The lowest BCUT2D eigenvalue weighted by molar-refractivity contribution is -0.0652. The molecule has 1 atom stereocenters. The van der Waals surface area contributed by atoms with E-state index in [9.17, 15) is 15.0 Å². The van der Waals surface area contributed by atoms with Gasteiger partial charge in [-0.1, -0.05) is 57.9 Å². The molecule has 0 aliphatic carbocycles. The number of hydrogen-bond acceptors (Lipinski definition) is 5. The van der Waals surface area contributed by atoms with Gasteiger partial charge < -0.3 is 20.7 Å². The monoisotopic (exact) mass is 363 g/mol. The number of aliphatic hydroxyl groups excluding tert-OH is 1. The van der Waals surface area contributed by atoms with Gasteiger partial charge in [-0.25, -0.2) is 0 Å². The third kappa shape index (κ3) is 9.59. The molecule has 1 aromatic rings. The van der Waals surface area contributed by atoms with Gasteiger partial charge in [-0.05, 0) is 30.7 Å². The fourth-order valence-corrected chi connectivity index (χ4v) is 2.63. The van der Waals surface area contributed by atoms with Crippen LogP contribution in [0.2, 0.25) is 0 Å². The van der Waals surface area contributed by atoms with Gasteiger partial charge in [0.15, 0.2) is 12.1 Å². The molecule has 0 spiro atoms. The quantitative estimate of drug-likeness (QED) is 0.112. The molecule has 5 nitrogen and oxygen atoms in total. The van der Waals surface area contributed by atoms with Crippen LogP contribution in [-0.2, 0) is 4.74 Å². The maximum absolute atomic E-state index is 12.0. The van der Waals surface area contributed by atoms with Crippen LogP contribution in [0, 0.1) is 0 Å². The first-order valence-corrected chi connectivity index (χ1v) is 9.62. The number of rotatable bonds is 14. The van der Waals surface area contributed by atoms with Gasteiger partial charge in [-0.3, -0.25) is 4.79 Å². The predicted molar refractivity (Wildman–Crippen MR) is 105 cm³/mol. The zero-order chi connectivity index (χ0) is 19.2. The zero-order valence-corrected chi connectivity index (χ0v) is 15.8. The van der Waals surface area contributed by atoms with Crippen molar-refractivity contribution < 1.29 is 19.7 Å². The molecule has 1 aromatic carbocycles. The Morgan fingerprint density at radius 3 is 2.46 bits per heavy atom. The summed E-state index contributed by atoms with van der Waals surface area (Å²) >= 11 is 0. The smallest absolute Gasteiger partial charge is 0.174 e. The first-order chi connectivity index (χ1) is 12.5. The highest BCUT2D eigenvalue weighted by molar-refractivity contribution is 5.98. The van der Waals surface area contributed by atoms with Crippen molar-refractivity contribution >= 4 is 11.5 Å². The van der Waals surface area contributed by atoms with Crippen molar-refractivity contribution in [2.24, 2.45) is 0 Å². The summed E-state index contributed by atoms with van der Waals surface area (Å²) in [7, 11) is 0. The van der Waals surface area contributed by atoms with Crippen molar-refractivity contribution in [1.82, 2.24) is 0 Å². The second-order valence-electron chi connectivity index (χ2n) is 6.57. The Morgan fingerprint density at radius 1 is 1.15 bits per heavy atom. The first kappa shape index (κ1) is 22.2. The van der Waals surface area contributed by atoms with E-state index in [1.165, 1.54) is 62.8 Å². The number of phenolic OH excluding ortho intramolecular Hbond substituents is 1. The van der Waals surface area contributed by atoms with E-state index < -0.39 is 6.29 Å². The number of ether oxygens (including phenoxy) is 1. The van der Waals surface area contributed by atoms with Crippen molar-refractivity contribution in [2.75, 3.05) is 12.3 Å². The number of nitrogen functional groups attached to an aromatic ring is 1. The number of aromatic hydroxyl groups is 1. The van der Waals surface area contributed by atoms with Gasteiger partial charge in [0.2, 0.25) is 0 Å². The summed E-state index contributed by atoms with van der Waals surface area (Å²) in [6.45, 7) is 2.74. The number of aliphatic hydroxyl groups is 1. The fraction of sp³-hybridized carbons (Fsp3) is 0.571. The topological polar surface area (TPSA) is 92.8 Å². The van der Waals surface area contributed by atoms with E-state index in [-0.39, 0.29) is 23.6 Å². The molecule has 0 saturated heterocycles. The lowest BCUT2D eigenvalue weighted by atomic mass is 10.1. The van der Waals surface area contributed by atoms with E-state index in [2.05, 4.69) is 6.92 Å². The highest BCUT2D eigenvalue weighted by atomic mass is 16.6. The number of hydrogen-bond donors (Lipinski definition) is 3. The molecule has 0 amide bonds. The number of carbonyl (C=O) groups is 1. The van der Waals surface area contributed by atoms with E-state index in [4.69, 9.17) is 10.5 Å². The maximum atomic E-state index is 12.0. The fourth-order valence-electron chi connectivity index (χ4n) is 2.63. The zero-order valence-electron chi connectivity index (χ0n) is 15.8. The summed E-state index contributed by atoms with van der Waals surface area (Å²) in [6, 6.07) is 4.37. The molecule has 0 heterocycles.